The monoisotopic (exact) mass is 384 g/mol. The summed E-state index contributed by atoms with van der Waals surface area (Å²) in [6, 6.07) is 10.8. The van der Waals surface area contributed by atoms with Crippen LogP contribution in [0.25, 0.3) is 0 Å². The molecule has 1 aliphatic carbocycles. The van der Waals surface area contributed by atoms with Crippen LogP contribution in [-0.4, -0.2) is 16.2 Å². The number of anilines is 1. The minimum absolute atomic E-state index is 0.315. The molecule has 7 nitrogen and oxygen atoms in total. The maximum atomic E-state index is 12.2. The fraction of sp³-hybridized carbons (Fsp3) is 0.316. The number of urea groups is 1. The van der Waals surface area contributed by atoms with Crippen LogP contribution in [0.1, 0.15) is 49.2 Å². The molecule has 2 heterocycles. The highest BCUT2D eigenvalue weighted by molar-refractivity contribution is 7.98. The van der Waals surface area contributed by atoms with E-state index < -0.39 is 0 Å². The van der Waals surface area contributed by atoms with Crippen LogP contribution in [0.4, 0.5) is 10.5 Å². The SMILES string of the molecule is C[C@H](NC(=O)Nc1ccc(SCc2ccco2)cc1)c1nc(C2CC2)no1. The van der Waals surface area contributed by atoms with Crippen LogP contribution in [-0.2, 0) is 5.75 Å². The van der Waals surface area contributed by atoms with Gasteiger partial charge >= 0.3 is 6.03 Å². The van der Waals surface area contributed by atoms with Gasteiger partial charge in [-0.1, -0.05) is 5.16 Å². The molecule has 2 amide bonds. The normalized spacial score (nSPS) is 14.7. The van der Waals surface area contributed by atoms with Gasteiger partial charge in [-0.05, 0) is 56.2 Å². The summed E-state index contributed by atoms with van der Waals surface area (Å²) in [7, 11) is 0. The van der Waals surface area contributed by atoms with Crippen molar-refractivity contribution in [2.75, 3.05) is 5.32 Å². The van der Waals surface area contributed by atoms with Crippen LogP contribution in [0.5, 0.6) is 0 Å². The van der Waals surface area contributed by atoms with Gasteiger partial charge in [0.05, 0.1) is 12.0 Å². The number of furan rings is 1. The van der Waals surface area contributed by atoms with Crippen molar-refractivity contribution in [3.05, 3.63) is 60.1 Å². The molecule has 140 valence electrons. The molecular weight excluding hydrogens is 364 g/mol. The van der Waals surface area contributed by atoms with Crippen molar-refractivity contribution in [2.45, 2.75) is 42.4 Å². The van der Waals surface area contributed by atoms with Crippen LogP contribution in [0.15, 0.2) is 56.5 Å². The van der Waals surface area contributed by atoms with E-state index in [1.54, 1.807) is 18.0 Å². The molecule has 1 aromatic carbocycles. The van der Waals surface area contributed by atoms with E-state index in [0.717, 1.165) is 35.1 Å². The number of benzene rings is 1. The lowest BCUT2D eigenvalue weighted by molar-refractivity contribution is 0.245. The molecule has 3 aromatic rings. The Labute approximate surface area is 160 Å². The Bertz CT molecular complexity index is 888. The zero-order valence-corrected chi connectivity index (χ0v) is 15.7. The Morgan fingerprint density at radius 3 is 2.81 bits per heavy atom. The summed E-state index contributed by atoms with van der Waals surface area (Å²) in [5.74, 6) is 3.29. The molecule has 0 aliphatic heterocycles. The first-order valence-electron chi connectivity index (χ1n) is 8.83. The molecule has 1 atom stereocenters. The molecule has 2 N–H and O–H groups in total. The maximum absolute atomic E-state index is 12.2. The number of nitrogens with one attached hydrogen (secondary N) is 2. The van der Waals surface area contributed by atoms with E-state index >= 15 is 0 Å². The number of hydrogen-bond donors (Lipinski definition) is 2. The van der Waals surface area contributed by atoms with E-state index in [0.29, 0.717) is 17.5 Å². The van der Waals surface area contributed by atoms with Crippen molar-refractivity contribution >= 4 is 23.5 Å². The Balaban J connectivity index is 1.26. The van der Waals surface area contributed by atoms with Crippen LogP contribution in [0.3, 0.4) is 0 Å². The summed E-state index contributed by atoms with van der Waals surface area (Å²) >= 11 is 1.67. The standard InChI is InChI=1S/C19H20N4O3S/c1-12(18-22-17(23-26-18)13-4-5-13)20-19(24)21-14-6-8-16(9-7-14)27-11-15-3-2-10-25-15/h2-3,6-10,12-13H,4-5,11H2,1H3,(H2,20,21,24)/t12-/m0/s1. The van der Waals surface area contributed by atoms with E-state index in [2.05, 4.69) is 20.8 Å². The van der Waals surface area contributed by atoms with Crippen LogP contribution in [0, 0.1) is 0 Å². The lowest BCUT2D eigenvalue weighted by atomic mass is 10.3. The molecule has 0 saturated heterocycles. The lowest BCUT2D eigenvalue weighted by Gasteiger charge is -2.11. The molecule has 0 radical (unpaired) electrons. The quantitative estimate of drug-likeness (QED) is 0.573. The number of carbonyl (C=O) groups is 1. The third kappa shape index (κ3) is 4.71. The number of amides is 2. The molecule has 1 aliphatic rings. The fourth-order valence-corrected chi connectivity index (χ4v) is 3.34. The van der Waals surface area contributed by atoms with Crippen molar-refractivity contribution in [3.63, 3.8) is 0 Å². The number of carbonyl (C=O) groups excluding carboxylic acids is 1. The van der Waals surface area contributed by atoms with E-state index in [-0.39, 0.29) is 12.1 Å². The molecule has 0 unspecified atom stereocenters. The molecule has 1 saturated carbocycles. The van der Waals surface area contributed by atoms with Crippen LogP contribution >= 0.6 is 11.8 Å². The second-order valence-corrected chi connectivity index (χ2v) is 7.53. The average molecular weight is 384 g/mol. The van der Waals surface area contributed by atoms with Gasteiger partial charge < -0.3 is 19.6 Å². The highest BCUT2D eigenvalue weighted by Crippen LogP contribution is 2.38. The van der Waals surface area contributed by atoms with Gasteiger partial charge in [0.25, 0.3) is 0 Å². The predicted octanol–water partition coefficient (Wildman–Crippen LogP) is 4.72. The molecule has 4 rings (SSSR count). The Kier molecular flexibility index (Phi) is 5.15. The lowest BCUT2D eigenvalue weighted by Crippen LogP contribution is -2.31. The summed E-state index contributed by atoms with van der Waals surface area (Å²) in [6.45, 7) is 1.82. The molecular formula is C19H20N4O3S. The zero-order chi connectivity index (χ0) is 18.6. The maximum Gasteiger partial charge on any atom is 0.319 e. The van der Waals surface area contributed by atoms with Crippen molar-refractivity contribution in [3.8, 4) is 0 Å². The minimum atomic E-state index is -0.354. The summed E-state index contributed by atoms with van der Waals surface area (Å²) in [6.07, 6.45) is 3.89. The Morgan fingerprint density at radius 2 is 2.11 bits per heavy atom. The van der Waals surface area contributed by atoms with Gasteiger partial charge in [-0.3, -0.25) is 0 Å². The summed E-state index contributed by atoms with van der Waals surface area (Å²) in [5, 5.41) is 9.59. The first-order valence-corrected chi connectivity index (χ1v) is 9.82. The van der Waals surface area contributed by atoms with E-state index in [9.17, 15) is 4.79 Å². The molecule has 8 heteroatoms. The van der Waals surface area contributed by atoms with Crippen molar-refractivity contribution in [1.29, 1.82) is 0 Å². The predicted molar refractivity (Wildman–Crippen MR) is 102 cm³/mol. The largest absolute Gasteiger partial charge is 0.468 e. The van der Waals surface area contributed by atoms with Crippen molar-refractivity contribution in [1.82, 2.24) is 15.5 Å². The molecule has 1 fully saturated rings. The van der Waals surface area contributed by atoms with Gasteiger partial charge in [-0.15, -0.1) is 11.8 Å². The second kappa shape index (κ2) is 7.87. The smallest absolute Gasteiger partial charge is 0.319 e. The second-order valence-electron chi connectivity index (χ2n) is 6.48. The molecule has 2 aromatic heterocycles. The minimum Gasteiger partial charge on any atom is -0.468 e. The van der Waals surface area contributed by atoms with Crippen LogP contribution in [0.2, 0.25) is 0 Å². The average Bonchev–Trinajstić information content (AvgIpc) is 3.18. The van der Waals surface area contributed by atoms with Gasteiger partial charge in [0.2, 0.25) is 5.89 Å². The van der Waals surface area contributed by atoms with E-state index in [1.165, 1.54) is 0 Å². The number of aromatic nitrogens is 2. The van der Waals surface area contributed by atoms with Gasteiger partial charge in [0, 0.05) is 16.5 Å². The summed E-state index contributed by atoms with van der Waals surface area (Å²) in [5.41, 5.74) is 0.714. The van der Waals surface area contributed by atoms with Crippen LogP contribution < -0.4 is 10.6 Å². The number of thioether (sulfide) groups is 1. The van der Waals surface area contributed by atoms with E-state index in [4.69, 9.17) is 8.94 Å². The van der Waals surface area contributed by atoms with Gasteiger partial charge in [0.1, 0.15) is 11.8 Å². The zero-order valence-electron chi connectivity index (χ0n) is 14.8. The number of hydrogen-bond acceptors (Lipinski definition) is 6. The fourth-order valence-electron chi connectivity index (χ4n) is 2.54. The first kappa shape index (κ1) is 17.7. The highest BCUT2D eigenvalue weighted by Gasteiger charge is 2.29. The third-order valence-corrected chi connectivity index (χ3v) is 5.23. The van der Waals surface area contributed by atoms with Crippen molar-refractivity contribution < 1.29 is 13.7 Å². The van der Waals surface area contributed by atoms with Crippen molar-refractivity contribution in [2.24, 2.45) is 0 Å². The number of nitrogens with zero attached hydrogens (tertiary/aromatic N) is 2. The molecule has 0 bridgehead atoms. The van der Waals surface area contributed by atoms with Gasteiger partial charge in [-0.25, -0.2) is 4.79 Å². The number of rotatable bonds is 7. The Hall–Kier alpha value is -2.74. The Morgan fingerprint density at radius 1 is 1.30 bits per heavy atom. The summed E-state index contributed by atoms with van der Waals surface area (Å²) in [4.78, 5) is 17.6. The topological polar surface area (TPSA) is 93.2 Å². The van der Waals surface area contributed by atoms with Gasteiger partial charge in [0.15, 0.2) is 5.82 Å². The molecule has 27 heavy (non-hydrogen) atoms. The first-order chi connectivity index (χ1) is 13.2. The van der Waals surface area contributed by atoms with E-state index in [1.807, 2.05) is 43.3 Å². The molecule has 0 spiro atoms. The third-order valence-electron chi connectivity index (χ3n) is 4.19. The van der Waals surface area contributed by atoms with Gasteiger partial charge in [-0.2, -0.15) is 4.98 Å². The highest BCUT2D eigenvalue weighted by atomic mass is 32.2. The summed E-state index contributed by atoms with van der Waals surface area (Å²) < 4.78 is 10.6.